The zero-order chi connectivity index (χ0) is 19.1. The molecule has 1 aliphatic heterocycles. The molecule has 2 aromatic rings. The number of amides is 1. The summed E-state index contributed by atoms with van der Waals surface area (Å²) in [7, 11) is -3.64. The highest BCUT2D eigenvalue weighted by atomic mass is 32.2. The van der Waals surface area contributed by atoms with Crippen molar-refractivity contribution in [1.29, 1.82) is 0 Å². The van der Waals surface area contributed by atoms with Crippen LogP contribution < -0.4 is 14.4 Å². The van der Waals surface area contributed by atoms with Gasteiger partial charge in [-0.05, 0) is 36.8 Å². The summed E-state index contributed by atoms with van der Waals surface area (Å²) < 4.78 is 57.2. The summed E-state index contributed by atoms with van der Waals surface area (Å²) in [5.41, 5.74) is 1.23. The first-order valence-corrected chi connectivity index (χ1v) is 9.51. The van der Waals surface area contributed by atoms with Crippen LogP contribution in [0.2, 0.25) is 0 Å². The lowest BCUT2D eigenvalue weighted by Crippen LogP contribution is -2.48. The lowest BCUT2D eigenvalue weighted by molar-refractivity contribution is -0.122. The second-order valence-corrected chi connectivity index (χ2v) is 7.90. The van der Waals surface area contributed by atoms with Crippen LogP contribution in [0.3, 0.4) is 0 Å². The molecule has 0 aromatic heterocycles. The van der Waals surface area contributed by atoms with Gasteiger partial charge in [0.15, 0.2) is 17.7 Å². The SMILES string of the molecule is Cc1ccc2c(c1)N(S(C)(=O)=O)C[C@H](C(=O)Nc1ccc(F)c(F)c1)O2. The summed E-state index contributed by atoms with van der Waals surface area (Å²) in [6.07, 6.45) is -0.109. The van der Waals surface area contributed by atoms with Crippen LogP contribution in [0.4, 0.5) is 20.2 Å². The molecule has 0 spiro atoms. The van der Waals surface area contributed by atoms with Gasteiger partial charge in [0.05, 0.1) is 18.5 Å². The van der Waals surface area contributed by atoms with Gasteiger partial charge in [-0.3, -0.25) is 9.10 Å². The number of hydrogen-bond donors (Lipinski definition) is 1. The third-order valence-corrected chi connectivity index (χ3v) is 5.01. The zero-order valence-corrected chi connectivity index (χ0v) is 14.8. The van der Waals surface area contributed by atoms with Gasteiger partial charge < -0.3 is 10.1 Å². The lowest BCUT2D eigenvalue weighted by atomic mass is 10.1. The van der Waals surface area contributed by atoms with E-state index in [4.69, 9.17) is 4.74 Å². The van der Waals surface area contributed by atoms with Crippen molar-refractivity contribution in [2.75, 3.05) is 22.4 Å². The van der Waals surface area contributed by atoms with Gasteiger partial charge in [0.25, 0.3) is 5.91 Å². The van der Waals surface area contributed by atoms with Crippen LogP contribution in [-0.2, 0) is 14.8 Å². The first kappa shape index (κ1) is 18.1. The largest absolute Gasteiger partial charge is 0.476 e. The quantitative estimate of drug-likeness (QED) is 0.885. The topological polar surface area (TPSA) is 75.7 Å². The maximum atomic E-state index is 13.3. The van der Waals surface area contributed by atoms with Crippen LogP contribution >= 0.6 is 0 Å². The van der Waals surface area contributed by atoms with Gasteiger partial charge >= 0.3 is 0 Å². The molecular weight excluding hydrogens is 366 g/mol. The highest BCUT2D eigenvalue weighted by molar-refractivity contribution is 7.92. The first-order valence-electron chi connectivity index (χ1n) is 7.66. The van der Waals surface area contributed by atoms with Crippen LogP contribution in [0.1, 0.15) is 5.56 Å². The molecule has 26 heavy (non-hydrogen) atoms. The first-order chi connectivity index (χ1) is 12.1. The molecule has 2 aromatic carbocycles. The number of benzene rings is 2. The smallest absolute Gasteiger partial charge is 0.267 e. The van der Waals surface area contributed by atoms with E-state index in [-0.39, 0.29) is 18.0 Å². The van der Waals surface area contributed by atoms with Crippen LogP contribution in [0, 0.1) is 18.6 Å². The second kappa shape index (κ2) is 6.56. The number of nitrogens with one attached hydrogen (secondary N) is 1. The molecule has 0 saturated carbocycles. The summed E-state index contributed by atoms with van der Waals surface area (Å²) in [4.78, 5) is 12.4. The van der Waals surface area contributed by atoms with Gasteiger partial charge in [0.1, 0.15) is 5.75 Å². The van der Waals surface area contributed by atoms with Crippen LogP contribution in [0.5, 0.6) is 5.75 Å². The van der Waals surface area contributed by atoms with Gasteiger partial charge in [0.2, 0.25) is 10.0 Å². The number of hydrogen-bond acceptors (Lipinski definition) is 4. The Kier molecular flexibility index (Phi) is 4.57. The van der Waals surface area contributed by atoms with Crippen molar-refractivity contribution < 1.29 is 26.7 Å². The Hall–Kier alpha value is -2.68. The minimum Gasteiger partial charge on any atom is -0.476 e. The van der Waals surface area contributed by atoms with Crippen molar-refractivity contribution in [3.05, 3.63) is 53.6 Å². The van der Waals surface area contributed by atoms with E-state index in [0.717, 1.165) is 28.3 Å². The average molecular weight is 382 g/mol. The standard InChI is InChI=1S/C17H16F2N2O4S/c1-10-3-6-15-14(7-10)21(26(2,23)24)9-16(25-15)17(22)20-11-4-5-12(18)13(19)8-11/h3-8,16H,9H2,1-2H3,(H,20,22)/t16-/m1/s1. The van der Waals surface area contributed by atoms with Crippen LogP contribution in [0.25, 0.3) is 0 Å². The molecule has 0 radical (unpaired) electrons. The molecular formula is C17H16F2N2O4S. The van der Waals surface area contributed by atoms with Crippen LogP contribution in [0.15, 0.2) is 36.4 Å². The van der Waals surface area contributed by atoms with Gasteiger partial charge in [-0.2, -0.15) is 0 Å². The predicted octanol–water partition coefficient (Wildman–Crippen LogP) is 2.44. The molecule has 1 atom stereocenters. The van der Waals surface area contributed by atoms with Gasteiger partial charge in [-0.1, -0.05) is 6.07 Å². The van der Waals surface area contributed by atoms with Gasteiger partial charge in [-0.15, -0.1) is 0 Å². The molecule has 0 bridgehead atoms. The van der Waals surface area contributed by atoms with Crippen molar-refractivity contribution >= 4 is 27.3 Å². The van der Waals surface area contributed by atoms with E-state index < -0.39 is 33.7 Å². The van der Waals surface area contributed by atoms with E-state index in [9.17, 15) is 22.0 Å². The summed E-state index contributed by atoms with van der Waals surface area (Å²) in [6.45, 7) is 1.58. The highest BCUT2D eigenvalue weighted by Gasteiger charge is 2.35. The number of ether oxygens (including phenoxy) is 1. The zero-order valence-electron chi connectivity index (χ0n) is 14.0. The Morgan fingerprint density at radius 3 is 2.58 bits per heavy atom. The Labute approximate surface area is 149 Å². The van der Waals surface area contributed by atoms with Crippen molar-refractivity contribution in [3.63, 3.8) is 0 Å². The molecule has 9 heteroatoms. The Bertz CT molecular complexity index is 979. The number of fused-ring (bicyclic) bond motifs is 1. The Balaban J connectivity index is 1.88. The number of carbonyl (C=O) groups is 1. The average Bonchev–Trinajstić information content (AvgIpc) is 2.56. The maximum Gasteiger partial charge on any atom is 0.267 e. The fourth-order valence-electron chi connectivity index (χ4n) is 2.61. The summed E-state index contributed by atoms with van der Waals surface area (Å²) >= 11 is 0. The number of sulfonamides is 1. The van der Waals surface area contributed by atoms with Gasteiger partial charge in [0, 0.05) is 11.8 Å². The molecule has 0 fully saturated rings. The molecule has 0 unspecified atom stereocenters. The third kappa shape index (κ3) is 3.62. The van der Waals surface area contributed by atoms with Crippen molar-refractivity contribution in [1.82, 2.24) is 0 Å². The van der Waals surface area contributed by atoms with Crippen LogP contribution in [-0.4, -0.2) is 33.2 Å². The number of nitrogens with zero attached hydrogens (tertiary/aromatic N) is 1. The number of rotatable bonds is 3. The van der Waals surface area contributed by atoms with E-state index in [1.54, 1.807) is 18.2 Å². The number of halogens is 2. The number of aryl methyl sites for hydroxylation is 1. The molecule has 0 aliphatic carbocycles. The van der Waals surface area contributed by atoms with E-state index in [1.165, 1.54) is 6.07 Å². The fourth-order valence-corrected chi connectivity index (χ4v) is 3.51. The van der Waals surface area contributed by atoms with E-state index in [2.05, 4.69) is 5.32 Å². The molecule has 0 saturated heterocycles. The molecule has 6 nitrogen and oxygen atoms in total. The monoisotopic (exact) mass is 382 g/mol. The van der Waals surface area contributed by atoms with Crippen molar-refractivity contribution in [2.45, 2.75) is 13.0 Å². The van der Waals surface area contributed by atoms with E-state index in [1.807, 2.05) is 6.92 Å². The predicted molar refractivity (Wildman–Crippen MR) is 92.8 cm³/mol. The minimum absolute atomic E-state index is 0.0399. The third-order valence-electron chi connectivity index (χ3n) is 3.86. The Morgan fingerprint density at radius 1 is 1.19 bits per heavy atom. The van der Waals surface area contributed by atoms with Crippen molar-refractivity contribution in [3.8, 4) is 5.75 Å². The number of anilines is 2. The summed E-state index contributed by atoms with van der Waals surface area (Å²) in [6, 6.07) is 7.88. The van der Waals surface area contributed by atoms with Crippen molar-refractivity contribution in [2.24, 2.45) is 0 Å². The maximum absolute atomic E-state index is 13.3. The summed E-state index contributed by atoms with van der Waals surface area (Å²) in [5.74, 6) is -2.57. The van der Waals surface area contributed by atoms with Gasteiger partial charge in [-0.25, -0.2) is 17.2 Å². The second-order valence-electron chi connectivity index (χ2n) is 5.99. The summed E-state index contributed by atoms with van der Waals surface area (Å²) in [5, 5.41) is 2.40. The highest BCUT2D eigenvalue weighted by Crippen LogP contribution is 2.36. The normalized spacial score (nSPS) is 16.6. The Morgan fingerprint density at radius 2 is 1.92 bits per heavy atom. The minimum atomic E-state index is -3.64. The molecule has 1 N–H and O–H groups in total. The molecule has 1 heterocycles. The molecule has 1 amide bonds. The van der Waals surface area contributed by atoms with E-state index >= 15 is 0 Å². The fraction of sp³-hybridized carbons (Fsp3) is 0.235. The lowest BCUT2D eigenvalue weighted by Gasteiger charge is -2.34. The molecule has 1 aliphatic rings. The molecule has 138 valence electrons. The van der Waals surface area contributed by atoms with E-state index in [0.29, 0.717) is 5.69 Å². The number of carbonyl (C=O) groups excluding carboxylic acids is 1. The molecule has 3 rings (SSSR count).